The number of benzene rings is 3. The van der Waals surface area contributed by atoms with E-state index in [9.17, 15) is 49.4 Å². The predicted molar refractivity (Wildman–Crippen MR) is 137 cm³/mol. The largest absolute Gasteiger partial charge is 0.461 e. The highest BCUT2D eigenvalue weighted by Gasteiger charge is 2.58. The standard InChI is InChI=1S/C29H23F9N2O4/c1-26(42,29(36,37)38)23-14-22(40-44-23)24(41)39-27(15-16-5-3-2-4-6-16,17-7-9-19(30)10-8-17)18-11-20(31)13-21(12-18)43-28(34,35)25(32)33/h2-13,23,25,42H,14-15H2,1H3,(H,39,41)/t23?,26?,27-/m1/s1. The number of halogens is 9. The van der Waals surface area contributed by atoms with Gasteiger partial charge in [0.2, 0.25) is 0 Å². The maximum absolute atomic E-state index is 14.9. The summed E-state index contributed by atoms with van der Waals surface area (Å²) in [6.07, 6.45) is -17.7. The van der Waals surface area contributed by atoms with Gasteiger partial charge >= 0.3 is 18.7 Å². The average molecular weight is 634 g/mol. The quantitative estimate of drug-likeness (QED) is 0.258. The summed E-state index contributed by atoms with van der Waals surface area (Å²) < 4.78 is 127. The van der Waals surface area contributed by atoms with Gasteiger partial charge in [0.05, 0.1) is 5.54 Å². The molecule has 1 aliphatic heterocycles. The molecule has 1 aliphatic rings. The topological polar surface area (TPSA) is 80.2 Å². The van der Waals surface area contributed by atoms with E-state index < -0.39 is 71.4 Å². The molecule has 3 atom stereocenters. The molecule has 44 heavy (non-hydrogen) atoms. The monoisotopic (exact) mass is 634 g/mol. The molecule has 2 unspecified atom stereocenters. The molecule has 0 aromatic heterocycles. The highest BCUT2D eigenvalue weighted by Crippen LogP contribution is 2.40. The van der Waals surface area contributed by atoms with Gasteiger partial charge in [0.25, 0.3) is 5.91 Å². The van der Waals surface area contributed by atoms with E-state index in [2.05, 4.69) is 15.2 Å². The molecule has 4 rings (SSSR count). The fourth-order valence-electron chi connectivity index (χ4n) is 4.53. The van der Waals surface area contributed by atoms with Crippen molar-refractivity contribution in [1.82, 2.24) is 5.32 Å². The Morgan fingerprint density at radius 2 is 1.61 bits per heavy atom. The maximum atomic E-state index is 14.9. The van der Waals surface area contributed by atoms with Gasteiger partial charge < -0.3 is 20.0 Å². The Morgan fingerprint density at radius 1 is 0.977 bits per heavy atom. The molecule has 2 N–H and O–H groups in total. The van der Waals surface area contributed by atoms with Crippen molar-refractivity contribution in [2.24, 2.45) is 5.16 Å². The molecule has 0 saturated heterocycles. The average Bonchev–Trinajstić information content (AvgIpc) is 3.44. The number of nitrogens with zero attached hydrogens (tertiary/aromatic N) is 1. The van der Waals surface area contributed by atoms with Crippen LogP contribution in [0.25, 0.3) is 0 Å². The van der Waals surface area contributed by atoms with Gasteiger partial charge in [-0.1, -0.05) is 47.6 Å². The lowest BCUT2D eigenvalue weighted by molar-refractivity contribution is -0.285. The Labute approximate surface area is 244 Å². The van der Waals surface area contributed by atoms with E-state index in [1.165, 1.54) is 12.1 Å². The Morgan fingerprint density at radius 3 is 2.20 bits per heavy atom. The molecular formula is C29H23F9N2O4. The third-order valence-electron chi connectivity index (χ3n) is 6.98. The number of hydrogen-bond donors (Lipinski definition) is 2. The number of amides is 1. The maximum Gasteiger partial charge on any atom is 0.461 e. The van der Waals surface area contributed by atoms with Crippen LogP contribution in [0.15, 0.2) is 78.0 Å². The van der Waals surface area contributed by atoms with Crippen molar-refractivity contribution in [3.8, 4) is 5.75 Å². The van der Waals surface area contributed by atoms with Crippen LogP contribution in [0.2, 0.25) is 0 Å². The predicted octanol–water partition coefficient (Wildman–Crippen LogP) is 6.26. The van der Waals surface area contributed by atoms with E-state index in [0.29, 0.717) is 18.6 Å². The summed E-state index contributed by atoms with van der Waals surface area (Å²) in [4.78, 5) is 18.3. The fraction of sp³-hybridized carbons (Fsp3) is 0.310. The number of aliphatic hydroxyl groups is 1. The molecule has 0 fully saturated rings. The molecule has 3 aromatic rings. The van der Waals surface area contributed by atoms with Gasteiger partial charge in [-0.15, -0.1) is 0 Å². The third-order valence-corrected chi connectivity index (χ3v) is 6.98. The normalized spacial score (nSPS) is 18.2. The van der Waals surface area contributed by atoms with Crippen LogP contribution >= 0.6 is 0 Å². The van der Waals surface area contributed by atoms with Gasteiger partial charge in [0, 0.05) is 18.9 Å². The Hall–Kier alpha value is -4.27. The molecular weight excluding hydrogens is 611 g/mol. The summed E-state index contributed by atoms with van der Waals surface area (Å²) in [5.74, 6) is -4.23. The minimum Gasteiger partial charge on any atom is -0.428 e. The third kappa shape index (κ3) is 6.77. The van der Waals surface area contributed by atoms with Crippen LogP contribution in [0, 0.1) is 11.6 Å². The molecule has 15 heteroatoms. The van der Waals surface area contributed by atoms with Gasteiger partial charge in [-0.2, -0.15) is 30.7 Å². The molecule has 0 spiro atoms. The summed E-state index contributed by atoms with van der Waals surface area (Å²) in [6.45, 7) is 0.426. The van der Waals surface area contributed by atoms with Crippen molar-refractivity contribution in [2.45, 2.75) is 55.7 Å². The number of carbonyl (C=O) groups excluding carboxylic acids is 1. The molecule has 0 bridgehead atoms. The molecule has 6 nitrogen and oxygen atoms in total. The van der Waals surface area contributed by atoms with Crippen molar-refractivity contribution >= 4 is 11.6 Å². The first-order chi connectivity index (χ1) is 20.4. The van der Waals surface area contributed by atoms with E-state index in [-0.39, 0.29) is 17.5 Å². The molecule has 0 aliphatic carbocycles. The molecule has 1 heterocycles. The highest BCUT2D eigenvalue weighted by atomic mass is 19.4. The van der Waals surface area contributed by atoms with Crippen LogP contribution in [-0.2, 0) is 21.6 Å². The van der Waals surface area contributed by atoms with Gasteiger partial charge in [-0.3, -0.25) is 4.79 Å². The zero-order valence-corrected chi connectivity index (χ0v) is 22.5. The van der Waals surface area contributed by atoms with Crippen LogP contribution in [0.5, 0.6) is 5.75 Å². The van der Waals surface area contributed by atoms with Gasteiger partial charge in [0.15, 0.2) is 11.7 Å². The number of carbonyl (C=O) groups is 1. The number of hydrogen-bond acceptors (Lipinski definition) is 5. The Kier molecular flexibility index (Phi) is 8.92. The van der Waals surface area contributed by atoms with Crippen LogP contribution in [-0.4, -0.2) is 47.1 Å². The van der Waals surface area contributed by atoms with Crippen molar-refractivity contribution in [2.75, 3.05) is 0 Å². The van der Waals surface area contributed by atoms with E-state index in [4.69, 9.17) is 4.84 Å². The number of nitrogens with one attached hydrogen (secondary N) is 1. The number of rotatable bonds is 10. The fourth-order valence-corrected chi connectivity index (χ4v) is 4.53. The molecule has 0 radical (unpaired) electrons. The zero-order valence-electron chi connectivity index (χ0n) is 22.5. The van der Waals surface area contributed by atoms with Crippen LogP contribution in [0.3, 0.4) is 0 Å². The van der Waals surface area contributed by atoms with Gasteiger partial charge in [-0.05, 0) is 47.9 Å². The summed E-state index contributed by atoms with van der Waals surface area (Å²) in [5.41, 5.74) is -5.96. The first-order valence-corrected chi connectivity index (χ1v) is 12.7. The second-order valence-electron chi connectivity index (χ2n) is 10.2. The molecule has 1 amide bonds. The summed E-state index contributed by atoms with van der Waals surface area (Å²) in [6, 6.07) is 14.2. The second kappa shape index (κ2) is 12.0. The first-order valence-electron chi connectivity index (χ1n) is 12.7. The summed E-state index contributed by atoms with van der Waals surface area (Å²) >= 11 is 0. The summed E-state index contributed by atoms with van der Waals surface area (Å²) in [7, 11) is 0. The lowest BCUT2D eigenvalue weighted by Gasteiger charge is -2.37. The van der Waals surface area contributed by atoms with E-state index in [1.54, 1.807) is 30.3 Å². The van der Waals surface area contributed by atoms with Crippen LogP contribution in [0.1, 0.15) is 30.0 Å². The number of ether oxygens (including phenoxy) is 1. The van der Waals surface area contributed by atoms with Crippen LogP contribution < -0.4 is 10.1 Å². The minimum atomic E-state index is -5.16. The first kappa shape index (κ1) is 32.6. The Bertz CT molecular complexity index is 1510. The van der Waals surface area contributed by atoms with Crippen molar-refractivity contribution in [3.63, 3.8) is 0 Å². The lowest BCUT2D eigenvalue weighted by atomic mass is 9.77. The SMILES string of the molecule is CC(O)(C1CC(C(=O)N[C@](Cc2ccccc2)(c2ccc(F)cc2)c2cc(F)cc(OC(F)(F)C(F)F)c2)=NO1)C(F)(F)F. The smallest absolute Gasteiger partial charge is 0.428 e. The minimum absolute atomic E-state index is 0.0200. The summed E-state index contributed by atoms with van der Waals surface area (Å²) in [5, 5.41) is 15.9. The van der Waals surface area contributed by atoms with Crippen molar-refractivity contribution < 1.29 is 59.0 Å². The molecule has 0 saturated carbocycles. The van der Waals surface area contributed by atoms with Gasteiger partial charge in [0.1, 0.15) is 23.1 Å². The second-order valence-corrected chi connectivity index (χ2v) is 10.2. The van der Waals surface area contributed by atoms with E-state index in [1.807, 2.05) is 0 Å². The van der Waals surface area contributed by atoms with E-state index in [0.717, 1.165) is 24.3 Å². The van der Waals surface area contributed by atoms with E-state index >= 15 is 0 Å². The molecule has 3 aromatic carbocycles. The highest BCUT2D eigenvalue weighted by molar-refractivity contribution is 6.39. The van der Waals surface area contributed by atoms with Gasteiger partial charge in [-0.25, -0.2) is 8.78 Å². The van der Waals surface area contributed by atoms with Crippen molar-refractivity contribution in [3.05, 3.63) is 101 Å². The number of alkyl halides is 7. The Balaban J connectivity index is 1.85. The lowest BCUT2D eigenvalue weighted by Crippen LogP contribution is -2.53. The van der Waals surface area contributed by atoms with Crippen molar-refractivity contribution in [1.29, 1.82) is 0 Å². The zero-order chi connectivity index (χ0) is 32.5. The number of oxime groups is 1. The van der Waals surface area contributed by atoms with Crippen LogP contribution in [0.4, 0.5) is 39.5 Å². The molecule has 236 valence electrons.